The molecule has 6 heteroatoms. The maximum atomic E-state index is 12.5. The van der Waals surface area contributed by atoms with E-state index in [1.807, 2.05) is 0 Å². The lowest BCUT2D eigenvalue weighted by Crippen LogP contribution is -2.08. The SMILES string of the molecule is OCc1ccccc1Oc1cccc(C(F)(F)F)n1. The number of hydrogen-bond donors (Lipinski definition) is 1. The Morgan fingerprint density at radius 1 is 1.05 bits per heavy atom. The number of alkyl halides is 3. The van der Waals surface area contributed by atoms with Crippen LogP contribution in [0.5, 0.6) is 11.6 Å². The highest BCUT2D eigenvalue weighted by molar-refractivity contribution is 5.35. The summed E-state index contributed by atoms with van der Waals surface area (Å²) in [6.07, 6.45) is -4.52. The van der Waals surface area contributed by atoms with E-state index < -0.39 is 11.9 Å². The molecular weight excluding hydrogens is 259 g/mol. The third kappa shape index (κ3) is 3.23. The topological polar surface area (TPSA) is 42.4 Å². The fraction of sp³-hybridized carbons (Fsp3) is 0.154. The van der Waals surface area contributed by atoms with Crippen molar-refractivity contribution in [3.63, 3.8) is 0 Å². The first-order chi connectivity index (χ1) is 9.00. The Morgan fingerprint density at radius 2 is 1.79 bits per heavy atom. The maximum Gasteiger partial charge on any atom is 0.433 e. The molecule has 0 aliphatic rings. The zero-order valence-electron chi connectivity index (χ0n) is 9.69. The van der Waals surface area contributed by atoms with Gasteiger partial charge >= 0.3 is 6.18 Å². The molecule has 0 aliphatic heterocycles. The minimum Gasteiger partial charge on any atom is -0.439 e. The monoisotopic (exact) mass is 269 g/mol. The van der Waals surface area contributed by atoms with Crippen LogP contribution in [-0.2, 0) is 12.8 Å². The van der Waals surface area contributed by atoms with E-state index in [1.54, 1.807) is 24.3 Å². The van der Waals surface area contributed by atoms with Crippen molar-refractivity contribution >= 4 is 0 Å². The molecule has 0 bridgehead atoms. The number of aromatic nitrogens is 1. The van der Waals surface area contributed by atoms with Crippen molar-refractivity contribution in [2.45, 2.75) is 12.8 Å². The lowest BCUT2D eigenvalue weighted by Gasteiger charge is -2.10. The zero-order chi connectivity index (χ0) is 13.9. The fourth-order valence-corrected chi connectivity index (χ4v) is 1.48. The maximum absolute atomic E-state index is 12.5. The Hall–Kier alpha value is -2.08. The van der Waals surface area contributed by atoms with Crippen molar-refractivity contribution < 1.29 is 23.0 Å². The molecule has 100 valence electrons. The van der Waals surface area contributed by atoms with Gasteiger partial charge in [0.2, 0.25) is 5.88 Å². The van der Waals surface area contributed by atoms with Gasteiger partial charge < -0.3 is 9.84 Å². The predicted octanol–water partition coefficient (Wildman–Crippen LogP) is 3.39. The molecule has 1 aromatic heterocycles. The van der Waals surface area contributed by atoms with E-state index >= 15 is 0 Å². The average molecular weight is 269 g/mol. The van der Waals surface area contributed by atoms with Crippen molar-refractivity contribution in [1.82, 2.24) is 4.98 Å². The third-order valence-electron chi connectivity index (χ3n) is 2.37. The van der Waals surface area contributed by atoms with E-state index in [9.17, 15) is 13.2 Å². The summed E-state index contributed by atoms with van der Waals surface area (Å²) in [4.78, 5) is 3.39. The first-order valence-electron chi connectivity index (χ1n) is 5.41. The number of rotatable bonds is 3. The number of benzene rings is 1. The van der Waals surface area contributed by atoms with Crippen LogP contribution in [0, 0.1) is 0 Å². The van der Waals surface area contributed by atoms with Crippen LogP contribution in [0.15, 0.2) is 42.5 Å². The largest absolute Gasteiger partial charge is 0.439 e. The van der Waals surface area contributed by atoms with Crippen LogP contribution in [0.25, 0.3) is 0 Å². The number of hydrogen-bond acceptors (Lipinski definition) is 3. The summed E-state index contributed by atoms with van der Waals surface area (Å²) in [5.74, 6) is 0.104. The van der Waals surface area contributed by atoms with Crippen LogP contribution in [0.3, 0.4) is 0 Å². The van der Waals surface area contributed by atoms with Gasteiger partial charge in [0.05, 0.1) is 6.61 Å². The van der Waals surface area contributed by atoms with E-state index in [0.29, 0.717) is 5.56 Å². The molecule has 0 unspecified atom stereocenters. The fourth-order valence-electron chi connectivity index (χ4n) is 1.48. The Labute approximate surface area is 107 Å². The summed E-state index contributed by atoms with van der Waals surface area (Å²) >= 11 is 0. The van der Waals surface area contributed by atoms with Gasteiger partial charge in [-0.15, -0.1) is 0 Å². The molecule has 0 radical (unpaired) electrons. The number of halogens is 3. The van der Waals surface area contributed by atoms with Crippen molar-refractivity contribution in [1.29, 1.82) is 0 Å². The Balaban J connectivity index is 2.29. The van der Waals surface area contributed by atoms with Crippen LogP contribution < -0.4 is 4.74 Å². The second kappa shape index (κ2) is 5.27. The quantitative estimate of drug-likeness (QED) is 0.928. The molecule has 3 nitrogen and oxygen atoms in total. The van der Waals surface area contributed by atoms with Gasteiger partial charge in [-0.25, -0.2) is 4.98 Å². The first kappa shape index (κ1) is 13.4. The van der Waals surface area contributed by atoms with Crippen molar-refractivity contribution in [2.75, 3.05) is 0 Å². The molecule has 1 aromatic carbocycles. The summed E-state index contributed by atoms with van der Waals surface area (Å²) in [5, 5.41) is 9.10. The van der Waals surface area contributed by atoms with Gasteiger partial charge in [0.1, 0.15) is 11.4 Å². The molecule has 0 saturated carbocycles. The summed E-state index contributed by atoms with van der Waals surface area (Å²) in [6.45, 7) is -0.269. The average Bonchev–Trinajstić information content (AvgIpc) is 2.39. The molecule has 0 saturated heterocycles. The van der Waals surface area contributed by atoms with Gasteiger partial charge in [-0.2, -0.15) is 13.2 Å². The predicted molar refractivity (Wildman–Crippen MR) is 61.7 cm³/mol. The Kier molecular flexibility index (Phi) is 3.71. The Bertz CT molecular complexity index is 570. The van der Waals surface area contributed by atoms with E-state index in [0.717, 1.165) is 6.07 Å². The highest BCUT2D eigenvalue weighted by Crippen LogP contribution is 2.30. The van der Waals surface area contributed by atoms with Gasteiger partial charge in [0, 0.05) is 11.6 Å². The van der Waals surface area contributed by atoms with Crippen LogP contribution >= 0.6 is 0 Å². The number of aliphatic hydroxyl groups excluding tert-OH is 1. The van der Waals surface area contributed by atoms with Crippen LogP contribution in [-0.4, -0.2) is 10.1 Å². The second-order valence-corrected chi connectivity index (χ2v) is 3.73. The molecule has 0 fully saturated rings. The summed E-state index contributed by atoms with van der Waals surface area (Å²) in [5.41, 5.74) is -0.548. The molecule has 19 heavy (non-hydrogen) atoms. The Morgan fingerprint density at radius 3 is 2.47 bits per heavy atom. The van der Waals surface area contributed by atoms with Gasteiger partial charge in [-0.05, 0) is 12.1 Å². The lowest BCUT2D eigenvalue weighted by atomic mass is 10.2. The summed E-state index contributed by atoms with van der Waals surface area (Å²) in [7, 11) is 0. The first-order valence-corrected chi connectivity index (χ1v) is 5.41. The molecule has 0 spiro atoms. The van der Waals surface area contributed by atoms with Crippen molar-refractivity contribution in [3.05, 3.63) is 53.7 Å². The summed E-state index contributed by atoms with van der Waals surface area (Å²) in [6, 6.07) is 9.91. The molecule has 0 atom stereocenters. The number of ether oxygens (including phenoxy) is 1. The normalized spacial score (nSPS) is 11.4. The van der Waals surface area contributed by atoms with E-state index in [1.165, 1.54) is 12.1 Å². The van der Waals surface area contributed by atoms with Crippen LogP contribution in [0.2, 0.25) is 0 Å². The summed E-state index contributed by atoms with van der Waals surface area (Å²) < 4.78 is 42.7. The smallest absolute Gasteiger partial charge is 0.433 e. The lowest BCUT2D eigenvalue weighted by molar-refractivity contribution is -0.141. The highest BCUT2D eigenvalue weighted by atomic mass is 19.4. The molecule has 0 amide bonds. The van der Waals surface area contributed by atoms with Crippen molar-refractivity contribution in [2.24, 2.45) is 0 Å². The van der Waals surface area contributed by atoms with Gasteiger partial charge in [-0.3, -0.25) is 0 Å². The third-order valence-corrected chi connectivity index (χ3v) is 2.37. The molecule has 2 aromatic rings. The minimum absolute atomic E-state index is 0.171. The zero-order valence-corrected chi connectivity index (χ0v) is 9.69. The number of pyridine rings is 1. The molecular formula is C13H10F3NO2. The molecule has 0 aliphatic carbocycles. The number of aliphatic hydroxyl groups is 1. The molecule has 1 N–H and O–H groups in total. The van der Waals surface area contributed by atoms with E-state index in [2.05, 4.69) is 4.98 Å². The van der Waals surface area contributed by atoms with Crippen LogP contribution in [0.4, 0.5) is 13.2 Å². The van der Waals surface area contributed by atoms with E-state index in [-0.39, 0.29) is 18.2 Å². The number of nitrogens with zero attached hydrogens (tertiary/aromatic N) is 1. The van der Waals surface area contributed by atoms with Crippen LogP contribution in [0.1, 0.15) is 11.3 Å². The van der Waals surface area contributed by atoms with Gasteiger partial charge in [0.25, 0.3) is 0 Å². The van der Waals surface area contributed by atoms with E-state index in [4.69, 9.17) is 9.84 Å². The van der Waals surface area contributed by atoms with Gasteiger partial charge in [0.15, 0.2) is 0 Å². The van der Waals surface area contributed by atoms with Gasteiger partial charge in [-0.1, -0.05) is 24.3 Å². The standard InChI is InChI=1S/C13H10F3NO2/c14-13(15,16)11-6-3-7-12(17-11)19-10-5-2-1-4-9(10)8-18/h1-7,18H,8H2. The molecule has 1 heterocycles. The minimum atomic E-state index is -4.52. The highest BCUT2D eigenvalue weighted by Gasteiger charge is 2.32. The molecule has 2 rings (SSSR count). The van der Waals surface area contributed by atoms with Crippen molar-refractivity contribution in [3.8, 4) is 11.6 Å². The second-order valence-electron chi connectivity index (χ2n) is 3.73. The number of para-hydroxylation sites is 1.